The summed E-state index contributed by atoms with van der Waals surface area (Å²) in [4.78, 5) is 12.3. The van der Waals surface area contributed by atoms with Crippen LogP contribution in [0.3, 0.4) is 0 Å². The zero-order valence-electron chi connectivity index (χ0n) is 12.0. The second-order valence-corrected chi connectivity index (χ2v) is 6.28. The number of hydrogen-bond donors (Lipinski definition) is 2. The number of hydrogen-bond acceptors (Lipinski definition) is 2. The minimum atomic E-state index is -0.166. The Kier molecular flexibility index (Phi) is 3.83. The third-order valence-corrected chi connectivity index (χ3v) is 4.21. The summed E-state index contributed by atoms with van der Waals surface area (Å²) < 4.78 is 0. The van der Waals surface area contributed by atoms with Crippen molar-refractivity contribution in [1.29, 1.82) is 0 Å². The maximum Gasteiger partial charge on any atom is 0.255 e. The largest absolute Gasteiger partial charge is 0.507 e. The molecule has 0 radical (unpaired) electrons. The van der Waals surface area contributed by atoms with E-state index in [1.54, 1.807) is 18.2 Å². The standard InChI is InChI=1S/C16H23NO2/c1-11-7-8-13(18)12(10-11)15(19)17-14-6-4-5-9-16(14,2)3/h7-8,10,14,18H,4-6,9H2,1-3H3,(H,17,19). The van der Waals surface area contributed by atoms with E-state index in [9.17, 15) is 9.90 Å². The van der Waals surface area contributed by atoms with Gasteiger partial charge in [-0.3, -0.25) is 4.79 Å². The van der Waals surface area contributed by atoms with Crippen LogP contribution < -0.4 is 5.32 Å². The molecule has 1 aromatic carbocycles. The van der Waals surface area contributed by atoms with Crippen molar-refractivity contribution in [1.82, 2.24) is 5.32 Å². The van der Waals surface area contributed by atoms with E-state index in [0.29, 0.717) is 5.56 Å². The monoisotopic (exact) mass is 261 g/mol. The second-order valence-electron chi connectivity index (χ2n) is 6.28. The quantitative estimate of drug-likeness (QED) is 0.857. The van der Waals surface area contributed by atoms with Crippen LogP contribution in [0.1, 0.15) is 55.5 Å². The number of carbonyl (C=O) groups is 1. The lowest BCUT2D eigenvalue weighted by molar-refractivity contribution is 0.0851. The molecule has 0 bridgehead atoms. The first-order chi connectivity index (χ1) is 8.90. The summed E-state index contributed by atoms with van der Waals surface area (Å²) in [5.74, 6) is -0.113. The molecule has 19 heavy (non-hydrogen) atoms. The van der Waals surface area contributed by atoms with Crippen LogP contribution in [0.4, 0.5) is 0 Å². The topological polar surface area (TPSA) is 49.3 Å². The Bertz CT molecular complexity index is 480. The van der Waals surface area contributed by atoms with Gasteiger partial charge in [-0.25, -0.2) is 0 Å². The van der Waals surface area contributed by atoms with Gasteiger partial charge in [-0.05, 0) is 37.3 Å². The number of amides is 1. The molecule has 2 N–H and O–H groups in total. The molecule has 0 saturated heterocycles. The van der Waals surface area contributed by atoms with Crippen molar-refractivity contribution < 1.29 is 9.90 Å². The van der Waals surface area contributed by atoms with Crippen molar-refractivity contribution in [2.75, 3.05) is 0 Å². The summed E-state index contributed by atoms with van der Waals surface area (Å²) in [5.41, 5.74) is 1.49. The lowest BCUT2D eigenvalue weighted by Crippen LogP contribution is -2.46. The van der Waals surface area contributed by atoms with E-state index in [-0.39, 0.29) is 23.1 Å². The molecular formula is C16H23NO2. The van der Waals surface area contributed by atoms with Crippen molar-refractivity contribution in [3.05, 3.63) is 29.3 Å². The summed E-state index contributed by atoms with van der Waals surface area (Å²) >= 11 is 0. The zero-order chi connectivity index (χ0) is 14.0. The van der Waals surface area contributed by atoms with Gasteiger partial charge in [-0.15, -0.1) is 0 Å². The molecule has 1 unspecified atom stereocenters. The van der Waals surface area contributed by atoms with Crippen LogP contribution in [-0.4, -0.2) is 17.1 Å². The van der Waals surface area contributed by atoms with Crippen LogP contribution >= 0.6 is 0 Å². The number of phenols is 1. The summed E-state index contributed by atoms with van der Waals surface area (Å²) in [7, 11) is 0. The summed E-state index contributed by atoms with van der Waals surface area (Å²) in [6.45, 7) is 6.32. The SMILES string of the molecule is Cc1ccc(O)c(C(=O)NC2CCCCC2(C)C)c1. The lowest BCUT2D eigenvalue weighted by atomic mass is 9.73. The Morgan fingerprint density at radius 2 is 2.11 bits per heavy atom. The highest BCUT2D eigenvalue weighted by Gasteiger charge is 2.33. The predicted octanol–water partition coefficient (Wildman–Crippen LogP) is 3.40. The smallest absolute Gasteiger partial charge is 0.255 e. The molecule has 1 aromatic rings. The minimum absolute atomic E-state index is 0.0525. The number of rotatable bonds is 2. The molecule has 0 spiro atoms. The zero-order valence-corrected chi connectivity index (χ0v) is 12.0. The molecule has 1 atom stereocenters. The number of phenolic OH excluding ortho intramolecular Hbond substituents is 1. The molecule has 104 valence electrons. The van der Waals surface area contributed by atoms with Crippen molar-refractivity contribution in [3.63, 3.8) is 0 Å². The molecule has 1 fully saturated rings. The van der Waals surface area contributed by atoms with Crippen LogP contribution in [0.15, 0.2) is 18.2 Å². The molecule has 1 aliphatic carbocycles. The Balaban J connectivity index is 2.14. The van der Waals surface area contributed by atoms with E-state index in [4.69, 9.17) is 0 Å². The van der Waals surface area contributed by atoms with E-state index in [1.807, 2.05) is 6.92 Å². The highest BCUT2D eigenvalue weighted by atomic mass is 16.3. The Morgan fingerprint density at radius 3 is 2.79 bits per heavy atom. The summed E-state index contributed by atoms with van der Waals surface area (Å²) in [6, 6.07) is 5.31. The maximum absolute atomic E-state index is 12.3. The van der Waals surface area contributed by atoms with E-state index in [0.717, 1.165) is 24.8 Å². The van der Waals surface area contributed by atoms with Crippen LogP contribution in [0, 0.1) is 12.3 Å². The fourth-order valence-electron chi connectivity index (χ4n) is 2.83. The fourth-order valence-corrected chi connectivity index (χ4v) is 2.83. The highest BCUT2D eigenvalue weighted by molar-refractivity contribution is 5.97. The third-order valence-electron chi connectivity index (χ3n) is 4.21. The van der Waals surface area contributed by atoms with Gasteiger partial charge in [0.25, 0.3) is 5.91 Å². The van der Waals surface area contributed by atoms with Gasteiger partial charge in [0.2, 0.25) is 0 Å². The Morgan fingerprint density at radius 1 is 1.37 bits per heavy atom. The first-order valence-electron chi connectivity index (χ1n) is 7.00. The number of carbonyl (C=O) groups excluding carboxylic acids is 1. The number of nitrogens with one attached hydrogen (secondary N) is 1. The lowest BCUT2D eigenvalue weighted by Gasteiger charge is -2.39. The van der Waals surface area contributed by atoms with E-state index in [2.05, 4.69) is 19.2 Å². The molecule has 2 rings (SSSR count). The van der Waals surface area contributed by atoms with Crippen molar-refractivity contribution in [2.24, 2.45) is 5.41 Å². The predicted molar refractivity (Wildman–Crippen MR) is 76.3 cm³/mol. The molecule has 0 heterocycles. The average Bonchev–Trinajstić information content (AvgIpc) is 2.34. The normalized spacial score (nSPS) is 21.9. The van der Waals surface area contributed by atoms with Crippen LogP contribution in [-0.2, 0) is 0 Å². The van der Waals surface area contributed by atoms with Crippen LogP contribution in [0.5, 0.6) is 5.75 Å². The molecule has 3 heteroatoms. The van der Waals surface area contributed by atoms with Crippen LogP contribution in [0.2, 0.25) is 0 Å². The molecular weight excluding hydrogens is 238 g/mol. The van der Waals surface area contributed by atoms with Gasteiger partial charge in [0, 0.05) is 6.04 Å². The van der Waals surface area contributed by atoms with Gasteiger partial charge in [0.1, 0.15) is 5.75 Å². The van der Waals surface area contributed by atoms with Crippen LogP contribution in [0.25, 0.3) is 0 Å². The van der Waals surface area contributed by atoms with Gasteiger partial charge in [-0.2, -0.15) is 0 Å². The first-order valence-corrected chi connectivity index (χ1v) is 7.00. The molecule has 1 saturated carbocycles. The Hall–Kier alpha value is -1.51. The minimum Gasteiger partial charge on any atom is -0.507 e. The van der Waals surface area contributed by atoms with Crippen molar-refractivity contribution >= 4 is 5.91 Å². The number of aryl methyl sites for hydroxylation is 1. The Labute approximate surface area is 115 Å². The van der Waals surface area contributed by atoms with E-state index in [1.165, 1.54) is 6.42 Å². The van der Waals surface area contributed by atoms with Gasteiger partial charge in [0.15, 0.2) is 0 Å². The molecule has 3 nitrogen and oxygen atoms in total. The molecule has 0 aliphatic heterocycles. The van der Waals surface area contributed by atoms with Gasteiger partial charge < -0.3 is 10.4 Å². The van der Waals surface area contributed by atoms with Crippen molar-refractivity contribution in [2.45, 2.75) is 52.5 Å². The fraction of sp³-hybridized carbons (Fsp3) is 0.562. The summed E-state index contributed by atoms with van der Waals surface area (Å²) in [6.07, 6.45) is 4.55. The molecule has 0 aromatic heterocycles. The van der Waals surface area contributed by atoms with Crippen molar-refractivity contribution in [3.8, 4) is 5.75 Å². The summed E-state index contributed by atoms with van der Waals surface area (Å²) in [5, 5.41) is 12.9. The first kappa shape index (κ1) is 13.9. The van der Waals surface area contributed by atoms with E-state index >= 15 is 0 Å². The number of benzene rings is 1. The van der Waals surface area contributed by atoms with Gasteiger partial charge in [0.05, 0.1) is 5.56 Å². The number of aromatic hydroxyl groups is 1. The maximum atomic E-state index is 12.3. The molecule has 1 aliphatic rings. The highest BCUT2D eigenvalue weighted by Crippen LogP contribution is 2.35. The van der Waals surface area contributed by atoms with E-state index < -0.39 is 0 Å². The average molecular weight is 261 g/mol. The third kappa shape index (κ3) is 3.09. The van der Waals surface area contributed by atoms with Gasteiger partial charge in [-0.1, -0.05) is 38.3 Å². The second kappa shape index (κ2) is 5.24. The molecule has 1 amide bonds. The van der Waals surface area contributed by atoms with Gasteiger partial charge >= 0.3 is 0 Å².